The Morgan fingerprint density at radius 1 is 1.52 bits per heavy atom. The van der Waals surface area contributed by atoms with Crippen molar-refractivity contribution in [2.75, 3.05) is 6.61 Å². The van der Waals surface area contributed by atoms with Crippen LogP contribution in [0.2, 0.25) is 0 Å². The Balaban J connectivity index is 2.13. The maximum atomic E-state index is 11.5. The highest BCUT2D eigenvalue weighted by atomic mass is 16.5. The van der Waals surface area contributed by atoms with Crippen molar-refractivity contribution in [3.05, 3.63) is 35.7 Å². The quantitative estimate of drug-likeness (QED) is 0.690. The molecule has 0 saturated carbocycles. The van der Waals surface area contributed by atoms with Gasteiger partial charge >= 0.3 is 0 Å². The maximum absolute atomic E-state index is 11.5. The van der Waals surface area contributed by atoms with E-state index in [1.807, 2.05) is 0 Å². The number of aliphatic hydroxyl groups excluding tert-OH is 1. The van der Waals surface area contributed by atoms with Crippen LogP contribution >= 0.6 is 0 Å². The number of primary amides is 1. The first-order valence-corrected chi connectivity index (χ1v) is 7.81. The molecule has 3 rings (SSSR count). The third-order valence-corrected chi connectivity index (χ3v) is 3.66. The number of benzene rings is 1. The summed E-state index contributed by atoms with van der Waals surface area (Å²) < 4.78 is 7.56. The van der Waals surface area contributed by atoms with Gasteiger partial charge in [0.1, 0.15) is 29.0 Å². The van der Waals surface area contributed by atoms with E-state index in [0.29, 0.717) is 29.2 Å². The normalized spacial score (nSPS) is 15.9. The molecule has 7 nitrogen and oxygen atoms in total. The molecule has 1 atom stereocenters. The molecular formula is C18H19N3O4. The Bertz CT molecular complexity index is 884. The number of rotatable bonds is 2. The molecular weight excluding hydrogens is 322 g/mol. The Kier molecular flexibility index (Phi) is 4.25. The van der Waals surface area contributed by atoms with Crippen molar-refractivity contribution in [3.63, 3.8) is 0 Å². The zero-order valence-corrected chi connectivity index (χ0v) is 14.0. The van der Waals surface area contributed by atoms with Gasteiger partial charge in [-0.2, -0.15) is 0 Å². The van der Waals surface area contributed by atoms with E-state index in [2.05, 4.69) is 16.8 Å². The summed E-state index contributed by atoms with van der Waals surface area (Å²) in [6.45, 7) is 3.36. The van der Waals surface area contributed by atoms with Crippen LogP contribution in [0.15, 0.2) is 24.4 Å². The molecule has 1 aliphatic rings. The van der Waals surface area contributed by atoms with Crippen LogP contribution in [0.3, 0.4) is 0 Å². The summed E-state index contributed by atoms with van der Waals surface area (Å²) in [4.78, 5) is 15.8. The number of carbonyl (C=O) groups excluding carboxylic acids is 1. The number of aliphatic hydroxyl groups is 2. The van der Waals surface area contributed by atoms with Crippen LogP contribution in [0.25, 0.3) is 11.4 Å². The van der Waals surface area contributed by atoms with Gasteiger partial charge < -0.3 is 25.3 Å². The number of carbonyl (C=O) groups is 1. The molecule has 1 amide bonds. The van der Waals surface area contributed by atoms with Gasteiger partial charge in [0.2, 0.25) is 0 Å². The van der Waals surface area contributed by atoms with Crippen LogP contribution in [-0.2, 0) is 6.54 Å². The second kappa shape index (κ2) is 6.24. The number of imidazole rings is 1. The molecule has 1 unspecified atom stereocenters. The molecule has 4 N–H and O–H groups in total. The van der Waals surface area contributed by atoms with E-state index in [-0.39, 0.29) is 12.3 Å². The average Bonchev–Trinajstić information content (AvgIpc) is 2.90. The van der Waals surface area contributed by atoms with Gasteiger partial charge in [0, 0.05) is 11.8 Å². The molecule has 7 heteroatoms. The number of amides is 1. The predicted molar refractivity (Wildman–Crippen MR) is 90.9 cm³/mol. The Morgan fingerprint density at radius 3 is 2.92 bits per heavy atom. The van der Waals surface area contributed by atoms with Gasteiger partial charge in [-0.25, -0.2) is 4.98 Å². The fourth-order valence-corrected chi connectivity index (χ4v) is 2.53. The van der Waals surface area contributed by atoms with Gasteiger partial charge in [0.05, 0.1) is 18.7 Å². The van der Waals surface area contributed by atoms with Gasteiger partial charge in [-0.15, -0.1) is 0 Å². The van der Waals surface area contributed by atoms with E-state index in [9.17, 15) is 15.0 Å². The number of hydrogen-bond donors (Lipinski definition) is 3. The predicted octanol–water partition coefficient (Wildman–Crippen LogP) is 0.525. The van der Waals surface area contributed by atoms with Crippen molar-refractivity contribution in [1.29, 1.82) is 0 Å². The topological polar surface area (TPSA) is 111 Å². The van der Waals surface area contributed by atoms with E-state index in [1.165, 1.54) is 0 Å². The number of nitrogens with zero attached hydrogens (tertiary/aromatic N) is 2. The van der Waals surface area contributed by atoms with Crippen LogP contribution in [0.1, 0.15) is 29.9 Å². The zero-order chi connectivity index (χ0) is 18.2. The van der Waals surface area contributed by atoms with E-state index in [0.717, 1.165) is 0 Å². The number of ether oxygens (including phenoxy) is 1. The van der Waals surface area contributed by atoms with Gasteiger partial charge in [-0.1, -0.05) is 11.8 Å². The first-order chi connectivity index (χ1) is 11.8. The second-order valence-electron chi connectivity index (χ2n) is 6.41. The van der Waals surface area contributed by atoms with E-state index in [4.69, 9.17) is 10.5 Å². The highest BCUT2D eigenvalue weighted by Gasteiger charge is 2.25. The van der Waals surface area contributed by atoms with Gasteiger partial charge in [-0.3, -0.25) is 4.79 Å². The van der Waals surface area contributed by atoms with Crippen LogP contribution in [-0.4, -0.2) is 44.0 Å². The number of fused-ring (bicyclic) bond motifs is 3. The van der Waals surface area contributed by atoms with Crippen molar-refractivity contribution in [3.8, 4) is 29.0 Å². The van der Waals surface area contributed by atoms with Crippen molar-refractivity contribution >= 4 is 5.91 Å². The Labute approximate surface area is 145 Å². The maximum Gasteiger partial charge on any atom is 0.268 e. The first kappa shape index (κ1) is 17.0. The molecule has 0 saturated heterocycles. The molecule has 2 aromatic rings. The first-order valence-electron chi connectivity index (χ1n) is 7.81. The zero-order valence-electron chi connectivity index (χ0n) is 14.0. The van der Waals surface area contributed by atoms with E-state index in [1.54, 1.807) is 42.8 Å². The molecule has 25 heavy (non-hydrogen) atoms. The van der Waals surface area contributed by atoms with E-state index >= 15 is 0 Å². The summed E-state index contributed by atoms with van der Waals surface area (Å²) in [5.41, 5.74) is 5.68. The fourth-order valence-electron chi connectivity index (χ4n) is 2.53. The summed E-state index contributed by atoms with van der Waals surface area (Å²) in [7, 11) is 0. The summed E-state index contributed by atoms with van der Waals surface area (Å²) in [6, 6.07) is 5.28. The third kappa shape index (κ3) is 3.65. The molecule has 0 fully saturated rings. The monoisotopic (exact) mass is 341 g/mol. The smallest absolute Gasteiger partial charge is 0.268 e. The molecule has 0 spiro atoms. The SMILES string of the molecule is CC(C)(O)C#Cc1ccc2c(c1)-c1nc(C(N)=O)cn1CC(CO)O2. The lowest BCUT2D eigenvalue weighted by Gasteiger charge is -2.15. The molecule has 2 heterocycles. The highest BCUT2D eigenvalue weighted by Crippen LogP contribution is 2.34. The van der Waals surface area contributed by atoms with E-state index < -0.39 is 17.6 Å². The summed E-state index contributed by atoms with van der Waals surface area (Å²) >= 11 is 0. The third-order valence-electron chi connectivity index (χ3n) is 3.66. The van der Waals surface area contributed by atoms with Crippen molar-refractivity contribution in [1.82, 2.24) is 9.55 Å². The summed E-state index contributed by atoms with van der Waals surface area (Å²) in [5.74, 6) is 6.09. The molecule has 0 radical (unpaired) electrons. The van der Waals surface area contributed by atoms with Crippen LogP contribution in [0, 0.1) is 11.8 Å². The summed E-state index contributed by atoms with van der Waals surface area (Å²) in [6.07, 6.45) is 1.08. The van der Waals surface area contributed by atoms with Gasteiger partial charge in [-0.05, 0) is 32.0 Å². The molecule has 1 aromatic heterocycles. The molecule has 0 aliphatic carbocycles. The highest BCUT2D eigenvalue weighted by molar-refractivity contribution is 5.91. The summed E-state index contributed by atoms with van der Waals surface area (Å²) in [5, 5.41) is 19.3. The lowest BCUT2D eigenvalue weighted by molar-refractivity contribution is 0.0993. The number of hydrogen-bond acceptors (Lipinski definition) is 5. The molecule has 1 aromatic carbocycles. The minimum atomic E-state index is -1.11. The minimum absolute atomic E-state index is 0.146. The molecule has 130 valence electrons. The molecule has 1 aliphatic heterocycles. The molecule has 0 bridgehead atoms. The lowest BCUT2D eigenvalue weighted by atomic mass is 10.1. The van der Waals surface area contributed by atoms with Crippen molar-refractivity contribution in [2.24, 2.45) is 5.73 Å². The minimum Gasteiger partial charge on any atom is -0.485 e. The van der Waals surface area contributed by atoms with Crippen molar-refractivity contribution in [2.45, 2.75) is 32.1 Å². The van der Waals surface area contributed by atoms with Crippen LogP contribution in [0.5, 0.6) is 5.75 Å². The second-order valence-corrected chi connectivity index (χ2v) is 6.41. The Morgan fingerprint density at radius 2 is 2.28 bits per heavy atom. The standard InChI is InChI=1S/C18H19N3O4/c1-18(2,24)6-5-11-3-4-15-13(7-11)17-20-14(16(19)23)9-21(17)8-12(10-22)25-15/h3-4,7,9,12,22,24H,8,10H2,1-2H3,(H2,19,23). The fraction of sp³-hybridized carbons (Fsp3) is 0.333. The lowest BCUT2D eigenvalue weighted by Crippen LogP contribution is -2.25. The van der Waals surface area contributed by atoms with Gasteiger partial charge in [0.15, 0.2) is 0 Å². The number of nitrogens with two attached hydrogens (primary N) is 1. The number of aromatic nitrogens is 2. The average molecular weight is 341 g/mol. The Hall–Kier alpha value is -2.82. The van der Waals surface area contributed by atoms with Gasteiger partial charge in [0.25, 0.3) is 5.91 Å². The van der Waals surface area contributed by atoms with Crippen molar-refractivity contribution < 1.29 is 19.7 Å². The van der Waals surface area contributed by atoms with Crippen LogP contribution < -0.4 is 10.5 Å². The van der Waals surface area contributed by atoms with Crippen LogP contribution in [0.4, 0.5) is 0 Å². The largest absolute Gasteiger partial charge is 0.485 e.